The highest BCUT2D eigenvalue weighted by molar-refractivity contribution is 5.99. The summed E-state index contributed by atoms with van der Waals surface area (Å²) < 4.78 is 6.65. The first-order chi connectivity index (χ1) is 7.63. The van der Waals surface area contributed by atoms with Gasteiger partial charge in [-0.25, -0.2) is 4.79 Å². The molecule has 2 rings (SSSR count). The highest BCUT2D eigenvalue weighted by atomic mass is 16.5. The van der Waals surface area contributed by atoms with Gasteiger partial charge in [0.2, 0.25) is 0 Å². The molecule has 5 heteroatoms. The van der Waals surface area contributed by atoms with Crippen molar-refractivity contribution in [2.75, 3.05) is 6.61 Å². The molecular weight excluding hydrogens is 206 g/mol. The number of ether oxygens (including phenoxy) is 1. The first kappa shape index (κ1) is 10.6. The molecule has 84 valence electrons. The number of aromatic nitrogens is 3. The molecule has 5 nitrogen and oxygen atoms in total. The molecule has 0 unspecified atom stereocenters. The second-order valence-corrected chi connectivity index (χ2v) is 3.61. The summed E-state index contributed by atoms with van der Waals surface area (Å²) in [7, 11) is 1.78. The van der Waals surface area contributed by atoms with Gasteiger partial charge in [0.15, 0.2) is 7.05 Å². The number of carbonyl (C=O) groups excluding carboxylic acids is 1. The van der Waals surface area contributed by atoms with Crippen molar-refractivity contribution in [3.63, 3.8) is 0 Å². The second kappa shape index (κ2) is 3.92. The molecule has 0 aromatic carbocycles. The molecular formula is C11H14N3O2+. The van der Waals surface area contributed by atoms with E-state index >= 15 is 0 Å². The number of nitrogens with zero attached hydrogens (tertiary/aromatic N) is 2. The largest absolute Gasteiger partial charge is 0.458 e. The zero-order valence-corrected chi connectivity index (χ0v) is 9.57. The Kier molecular flexibility index (Phi) is 2.60. The summed E-state index contributed by atoms with van der Waals surface area (Å²) in [5.41, 5.74) is 2.30. The number of rotatable bonds is 2. The smallest absolute Gasteiger partial charge is 0.406 e. The lowest BCUT2D eigenvalue weighted by Gasteiger charge is -1.95. The number of carbonyl (C=O) groups is 1. The van der Waals surface area contributed by atoms with Gasteiger partial charge in [-0.15, -0.1) is 4.68 Å². The molecule has 2 heterocycles. The van der Waals surface area contributed by atoms with E-state index in [2.05, 4.69) is 10.1 Å². The van der Waals surface area contributed by atoms with Gasteiger partial charge in [0.1, 0.15) is 10.9 Å². The maximum atomic E-state index is 11.7. The lowest BCUT2D eigenvalue weighted by Crippen LogP contribution is -2.37. The number of esters is 1. The molecule has 0 aliphatic rings. The summed E-state index contributed by atoms with van der Waals surface area (Å²) in [6, 6.07) is 1.90. The third-order valence-corrected chi connectivity index (χ3v) is 2.39. The lowest BCUT2D eigenvalue weighted by atomic mass is 10.2. The number of pyridine rings is 1. The van der Waals surface area contributed by atoms with Crippen LogP contribution in [0.25, 0.3) is 10.9 Å². The first-order valence-electron chi connectivity index (χ1n) is 5.15. The van der Waals surface area contributed by atoms with E-state index < -0.39 is 0 Å². The van der Waals surface area contributed by atoms with E-state index in [-0.39, 0.29) is 5.97 Å². The average molecular weight is 220 g/mol. The van der Waals surface area contributed by atoms with E-state index in [1.807, 2.05) is 13.0 Å². The lowest BCUT2D eigenvalue weighted by molar-refractivity contribution is -0.726. The number of hydrogen-bond acceptors (Lipinski definition) is 3. The molecule has 2 aromatic rings. The van der Waals surface area contributed by atoms with Crippen LogP contribution in [0.15, 0.2) is 12.3 Å². The second-order valence-electron chi connectivity index (χ2n) is 3.61. The fraction of sp³-hybridized carbons (Fsp3) is 0.364. The average Bonchev–Trinajstić information content (AvgIpc) is 2.53. The van der Waals surface area contributed by atoms with E-state index in [9.17, 15) is 4.79 Å². The minimum absolute atomic E-state index is 0.332. The molecule has 0 fully saturated rings. The summed E-state index contributed by atoms with van der Waals surface area (Å²) in [4.78, 5) is 15.9. The van der Waals surface area contributed by atoms with Crippen LogP contribution in [0.1, 0.15) is 23.1 Å². The van der Waals surface area contributed by atoms with Crippen molar-refractivity contribution in [1.82, 2.24) is 10.1 Å². The molecule has 0 spiro atoms. The summed E-state index contributed by atoms with van der Waals surface area (Å²) in [6.07, 6.45) is 1.69. The highest BCUT2D eigenvalue weighted by Crippen LogP contribution is 2.14. The summed E-state index contributed by atoms with van der Waals surface area (Å²) in [5.74, 6) is -0.332. The van der Waals surface area contributed by atoms with Crippen LogP contribution in [0.5, 0.6) is 0 Å². The van der Waals surface area contributed by atoms with Crippen LogP contribution in [-0.4, -0.2) is 22.7 Å². The quantitative estimate of drug-likeness (QED) is 0.603. The predicted octanol–water partition coefficient (Wildman–Crippen LogP) is 0.873. The summed E-state index contributed by atoms with van der Waals surface area (Å²) in [5, 5.41) is 3.87. The third kappa shape index (κ3) is 1.64. The van der Waals surface area contributed by atoms with Crippen molar-refractivity contribution in [3.8, 4) is 0 Å². The zero-order valence-electron chi connectivity index (χ0n) is 9.57. The van der Waals surface area contributed by atoms with Crippen molar-refractivity contribution in [2.45, 2.75) is 13.8 Å². The Bertz CT molecular complexity index is 545. The maximum absolute atomic E-state index is 11.7. The minimum Gasteiger partial charge on any atom is -0.458 e. The predicted molar refractivity (Wildman–Crippen MR) is 58.0 cm³/mol. The molecule has 0 bridgehead atoms. The molecule has 16 heavy (non-hydrogen) atoms. The van der Waals surface area contributed by atoms with Gasteiger partial charge >= 0.3 is 11.7 Å². The van der Waals surface area contributed by atoms with Crippen molar-refractivity contribution in [3.05, 3.63) is 23.7 Å². The van der Waals surface area contributed by atoms with Crippen LogP contribution in [0, 0.1) is 6.92 Å². The normalized spacial score (nSPS) is 10.7. The van der Waals surface area contributed by atoms with Crippen LogP contribution in [0.3, 0.4) is 0 Å². The Morgan fingerprint density at radius 1 is 1.62 bits per heavy atom. The number of fused-ring (bicyclic) bond motifs is 1. The van der Waals surface area contributed by atoms with E-state index in [0.717, 1.165) is 16.6 Å². The van der Waals surface area contributed by atoms with E-state index in [0.29, 0.717) is 12.3 Å². The van der Waals surface area contributed by atoms with Gasteiger partial charge in [0.25, 0.3) is 0 Å². The van der Waals surface area contributed by atoms with E-state index in [1.54, 1.807) is 24.9 Å². The zero-order chi connectivity index (χ0) is 11.7. The maximum Gasteiger partial charge on any atom is 0.406 e. The fourth-order valence-corrected chi connectivity index (χ4v) is 1.70. The number of hydrogen-bond donors (Lipinski definition) is 1. The van der Waals surface area contributed by atoms with Gasteiger partial charge < -0.3 is 4.74 Å². The van der Waals surface area contributed by atoms with Gasteiger partial charge in [-0.2, -0.15) is 5.10 Å². The van der Waals surface area contributed by atoms with Crippen LogP contribution in [0.4, 0.5) is 0 Å². The van der Waals surface area contributed by atoms with Gasteiger partial charge in [0.05, 0.1) is 6.61 Å². The monoisotopic (exact) mass is 220 g/mol. The molecule has 2 aromatic heterocycles. The van der Waals surface area contributed by atoms with Crippen LogP contribution in [0.2, 0.25) is 0 Å². The Morgan fingerprint density at radius 3 is 3.06 bits per heavy atom. The number of H-pyrrole nitrogens is 1. The topological polar surface area (TPSA) is 58.9 Å². The van der Waals surface area contributed by atoms with E-state index in [4.69, 9.17) is 4.74 Å². The summed E-state index contributed by atoms with van der Waals surface area (Å²) in [6.45, 7) is 4.06. The van der Waals surface area contributed by atoms with Crippen LogP contribution < -0.4 is 4.68 Å². The van der Waals surface area contributed by atoms with Gasteiger partial charge in [-0.05, 0) is 19.9 Å². The van der Waals surface area contributed by atoms with Crippen LogP contribution in [-0.2, 0) is 11.8 Å². The number of aryl methyl sites for hydroxylation is 2. The molecule has 0 atom stereocenters. The fourth-order valence-electron chi connectivity index (χ4n) is 1.70. The molecule has 0 aliphatic heterocycles. The Labute approximate surface area is 93.0 Å². The highest BCUT2D eigenvalue weighted by Gasteiger charge is 2.25. The van der Waals surface area contributed by atoms with Crippen molar-refractivity contribution in [2.24, 2.45) is 7.05 Å². The van der Waals surface area contributed by atoms with Crippen molar-refractivity contribution < 1.29 is 14.2 Å². The molecule has 0 saturated carbocycles. The molecule has 0 radical (unpaired) electrons. The van der Waals surface area contributed by atoms with Gasteiger partial charge in [-0.3, -0.25) is 4.98 Å². The third-order valence-electron chi connectivity index (χ3n) is 2.39. The first-order valence-corrected chi connectivity index (χ1v) is 5.15. The SMILES string of the molecule is CCOC(=O)c1c2cnc(C)cc2[nH][n+]1C. The number of aromatic amines is 1. The van der Waals surface area contributed by atoms with Crippen LogP contribution >= 0.6 is 0 Å². The van der Waals surface area contributed by atoms with Crippen molar-refractivity contribution in [1.29, 1.82) is 0 Å². The number of nitrogens with one attached hydrogen (secondary N) is 1. The Morgan fingerprint density at radius 2 is 2.38 bits per heavy atom. The Hall–Kier alpha value is -1.91. The molecule has 0 aliphatic carbocycles. The molecule has 0 amide bonds. The Balaban J connectivity index is 2.60. The van der Waals surface area contributed by atoms with Crippen molar-refractivity contribution >= 4 is 16.9 Å². The van der Waals surface area contributed by atoms with Gasteiger partial charge in [-0.1, -0.05) is 0 Å². The molecule has 0 saturated heterocycles. The summed E-state index contributed by atoms with van der Waals surface area (Å²) >= 11 is 0. The molecule has 1 N–H and O–H groups in total. The van der Waals surface area contributed by atoms with Gasteiger partial charge in [0, 0.05) is 11.9 Å². The standard InChI is InChI=1S/C11H13N3O2/c1-4-16-11(15)10-8-6-12-7(2)5-9(8)13-14(10)3/h5-6H,4H2,1-3H3/p+1. The van der Waals surface area contributed by atoms with E-state index in [1.165, 1.54) is 0 Å². The minimum atomic E-state index is -0.332.